The van der Waals surface area contributed by atoms with E-state index in [0.717, 1.165) is 5.52 Å². The number of aryl methyl sites for hydroxylation is 1. The van der Waals surface area contributed by atoms with Crippen LogP contribution >= 0.6 is 0 Å². The lowest BCUT2D eigenvalue weighted by Gasteiger charge is -2.00. The summed E-state index contributed by atoms with van der Waals surface area (Å²) in [4.78, 5) is 15.4. The van der Waals surface area contributed by atoms with Gasteiger partial charge in [-0.3, -0.25) is 15.2 Å². The molecule has 0 fully saturated rings. The van der Waals surface area contributed by atoms with Gasteiger partial charge < -0.3 is 4.57 Å². The Morgan fingerprint density at radius 2 is 2.05 bits per heavy atom. The number of carbonyl (C=O) groups is 1. The summed E-state index contributed by atoms with van der Waals surface area (Å²) in [6.07, 6.45) is -3.05. The monoisotopic (exact) mass is 309 g/mol. The number of halogens is 3. The fourth-order valence-corrected chi connectivity index (χ4v) is 2.14. The van der Waals surface area contributed by atoms with Gasteiger partial charge in [0.25, 0.3) is 5.91 Å². The molecule has 3 aromatic rings. The van der Waals surface area contributed by atoms with Gasteiger partial charge in [0.1, 0.15) is 0 Å². The Labute approximate surface area is 122 Å². The molecule has 0 aliphatic heterocycles. The van der Waals surface area contributed by atoms with Gasteiger partial charge in [0.15, 0.2) is 0 Å². The number of rotatable bonds is 2. The first-order valence-electron chi connectivity index (χ1n) is 6.21. The van der Waals surface area contributed by atoms with Gasteiger partial charge in [-0.15, -0.1) is 5.10 Å². The highest BCUT2D eigenvalue weighted by molar-refractivity contribution is 6.12. The van der Waals surface area contributed by atoms with Gasteiger partial charge in [0.2, 0.25) is 11.8 Å². The van der Waals surface area contributed by atoms with E-state index >= 15 is 0 Å². The molecule has 1 aromatic carbocycles. The minimum absolute atomic E-state index is 0.330. The number of benzene rings is 1. The van der Waals surface area contributed by atoms with E-state index in [4.69, 9.17) is 0 Å². The van der Waals surface area contributed by atoms with E-state index in [0.29, 0.717) is 10.9 Å². The molecule has 0 saturated carbocycles. The molecule has 1 amide bonds. The number of aromatic nitrogens is 4. The van der Waals surface area contributed by atoms with Crippen molar-refractivity contribution in [3.05, 3.63) is 41.9 Å². The van der Waals surface area contributed by atoms with Crippen molar-refractivity contribution < 1.29 is 18.0 Å². The zero-order chi connectivity index (χ0) is 15.9. The van der Waals surface area contributed by atoms with E-state index in [1.54, 1.807) is 35.0 Å². The van der Waals surface area contributed by atoms with Crippen molar-refractivity contribution in [2.45, 2.75) is 6.18 Å². The van der Waals surface area contributed by atoms with Crippen LogP contribution in [0.3, 0.4) is 0 Å². The Kier molecular flexibility index (Phi) is 3.12. The lowest BCUT2D eigenvalue weighted by atomic mass is 10.1. The summed E-state index contributed by atoms with van der Waals surface area (Å²) in [6, 6.07) is 7.19. The molecule has 2 N–H and O–H groups in total. The number of carbonyl (C=O) groups excluding carboxylic acids is 1. The number of fused-ring (bicyclic) bond motifs is 1. The third kappa shape index (κ3) is 2.41. The van der Waals surface area contributed by atoms with E-state index < -0.39 is 23.9 Å². The van der Waals surface area contributed by atoms with Crippen LogP contribution in [0.15, 0.2) is 30.5 Å². The van der Waals surface area contributed by atoms with Crippen molar-refractivity contribution in [2.24, 2.45) is 7.05 Å². The molecule has 0 bridgehead atoms. The molecule has 0 aliphatic carbocycles. The van der Waals surface area contributed by atoms with Crippen LogP contribution in [0.1, 0.15) is 16.2 Å². The molecule has 2 heterocycles. The predicted octanol–water partition coefficient (Wildman–Crippen LogP) is 2.57. The summed E-state index contributed by atoms with van der Waals surface area (Å²) in [7, 11) is 1.77. The zero-order valence-corrected chi connectivity index (χ0v) is 11.3. The van der Waals surface area contributed by atoms with E-state index in [1.165, 1.54) is 0 Å². The average Bonchev–Trinajstić information content (AvgIpc) is 3.04. The fourth-order valence-electron chi connectivity index (χ4n) is 2.14. The Hall–Kier alpha value is -2.84. The Bertz CT molecular complexity index is 849. The number of hydrogen-bond acceptors (Lipinski definition) is 3. The van der Waals surface area contributed by atoms with Crippen LogP contribution in [-0.2, 0) is 13.2 Å². The molecule has 0 atom stereocenters. The molecule has 2 aromatic heterocycles. The standard InChI is InChI=1S/C13H10F3N5O/c1-21-6-8(7-4-2-3-5-9(7)21)10(22)17-12-18-11(19-20-12)13(14,15)16/h2-6H,1H3,(H2,17,18,19,20,22). The van der Waals surface area contributed by atoms with Gasteiger partial charge in [-0.2, -0.15) is 18.2 Å². The molecule has 0 spiro atoms. The number of aromatic amines is 1. The van der Waals surface area contributed by atoms with Gasteiger partial charge in [-0.05, 0) is 6.07 Å². The highest BCUT2D eigenvalue weighted by Gasteiger charge is 2.35. The zero-order valence-electron chi connectivity index (χ0n) is 11.3. The topological polar surface area (TPSA) is 75.6 Å². The third-order valence-electron chi connectivity index (χ3n) is 3.12. The summed E-state index contributed by atoms with van der Waals surface area (Å²) in [5.41, 5.74) is 1.16. The summed E-state index contributed by atoms with van der Waals surface area (Å²) in [5, 5.41) is 8.02. The molecule has 3 rings (SSSR count). The number of alkyl halides is 3. The first-order chi connectivity index (χ1) is 10.4. The maximum atomic E-state index is 12.4. The molecule has 114 valence electrons. The number of hydrogen-bond donors (Lipinski definition) is 2. The fraction of sp³-hybridized carbons (Fsp3) is 0.154. The van der Waals surface area contributed by atoms with E-state index in [1.807, 2.05) is 12.1 Å². The number of H-pyrrole nitrogens is 1. The first-order valence-corrected chi connectivity index (χ1v) is 6.21. The minimum atomic E-state index is -4.64. The molecule has 9 heteroatoms. The normalized spacial score (nSPS) is 11.8. The second-order valence-electron chi connectivity index (χ2n) is 4.63. The molecule has 0 unspecified atom stereocenters. The highest BCUT2D eigenvalue weighted by Crippen LogP contribution is 2.26. The quantitative estimate of drug-likeness (QED) is 0.764. The number of para-hydroxylation sites is 1. The SMILES string of the molecule is Cn1cc(C(=O)Nc2n[nH]c(C(F)(F)F)n2)c2ccccc21. The second kappa shape index (κ2) is 4.86. The van der Waals surface area contributed by atoms with Crippen LogP contribution in [-0.4, -0.2) is 25.7 Å². The minimum Gasteiger partial charge on any atom is -0.350 e. The molecular weight excluding hydrogens is 299 g/mol. The summed E-state index contributed by atoms with van der Waals surface area (Å²) in [6.45, 7) is 0. The number of nitrogens with zero attached hydrogens (tertiary/aromatic N) is 3. The van der Waals surface area contributed by atoms with Crippen molar-refractivity contribution in [3.63, 3.8) is 0 Å². The maximum absolute atomic E-state index is 12.4. The van der Waals surface area contributed by atoms with Gasteiger partial charge in [0, 0.05) is 24.1 Å². The Morgan fingerprint density at radius 3 is 2.73 bits per heavy atom. The lowest BCUT2D eigenvalue weighted by Crippen LogP contribution is -2.13. The summed E-state index contributed by atoms with van der Waals surface area (Å²) >= 11 is 0. The summed E-state index contributed by atoms with van der Waals surface area (Å²) in [5.74, 6) is -2.27. The van der Waals surface area contributed by atoms with E-state index in [2.05, 4.69) is 15.4 Å². The number of anilines is 1. The molecule has 0 radical (unpaired) electrons. The van der Waals surface area contributed by atoms with Crippen LogP contribution in [0.4, 0.5) is 19.1 Å². The second-order valence-corrected chi connectivity index (χ2v) is 4.63. The number of nitrogens with one attached hydrogen (secondary N) is 2. The van der Waals surface area contributed by atoms with Gasteiger partial charge in [-0.25, -0.2) is 0 Å². The molecule has 0 saturated heterocycles. The van der Waals surface area contributed by atoms with Crippen LogP contribution in [0, 0.1) is 0 Å². The Morgan fingerprint density at radius 1 is 1.32 bits per heavy atom. The van der Waals surface area contributed by atoms with Gasteiger partial charge >= 0.3 is 6.18 Å². The molecule has 6 nitrogen and oxygen atoms in total. The van der Waals surface area contributed by atoms with Crippen LogP contribution in [0.25, 0.3) is 10.9 Å². The van der Waals surface area contributed by atoms with Crippen LogP contribution in [0.5, 0.6) is 0 Å². The molecule has 22 heavy (non-hydrogen) atoms. The van der Waals surface area contributed by atoms with E-state index in [-0.39, 0.29) is 0 Å². The van der Waals surface area contributed by atoms with Crippen molar-refractivity contribution >= 4 is 22.8 Å². The molecular formula is C13H10F3N5O. The Balaban J connectivity index is 1.89. The largest absolute Gasteiger partial charge is 0.451 e. The van der Waals surface area contributed by atoms with Gasteiger partial charge in [-0.1, -0.05) is 18.2 Å². The maximum Gasteiger partial charge on any atom is 0.451 e. The van der Waals surface area contributed by atoms with Gasteiger partial charge in [0.05, 0.1) is 5.56 Å². The highest BCUT2D eigenvalue weighted by atomic mass is 19.4. The predicted molar refractivity (Wildman–Crippen MR) is 72.3 cm³/mol. The van der Waals surface area contributed by atoms with Crippen LogP contribution < -0.4 is 5.32 Å². The average molecular weight is 309 g/mol. The lowest BCUT2D eigenvalue weighted by molar-refractivity contribution is -0.144. The summed E-state index contributed by atoms with van der Waals surface area (Å²) < 4.78 is 39.0. The van der Waals surface area contributed by atoms with Crippen LogP contribution in [0.2, 0.25) is 0 Å². The first kappa shape index (κ1) is 14.1. The van der Waals surface area contributed by atoms with Crippen molar-refractivity contribution in [1.82, 2.24) is 19.7 Å². The van der Waals surface area contributed by atoms with E-state index in [9.17, 15) is 18.0 Å². The molecule has 0 aliphatic rings. The third-order valence-corrected chi connectivity index (χ3v) is 3.12. The van der Waals surface area contributed by atoms with Crippen molar-refractivity contribution in [1.29, 1.82) is 0 Å². The smallest absolute Gasteiger partial charge is 0.350 e. The number of amides is 1. The van der Waals surface area contributed by atoms with Crippen molar-refractivity contribution in [3.8, 4) is 0 Å². The van der Waals surface area contributed by atoms with Crippen molar-refractivity contribution in [2.75, 3.05) is 5.32 Å².